The number of aliphatic hydroxyl groups excluding tert-OH is 3. The molecule has 0 spiro atoms. The molecule has 3 heterocycles. The van der Waals surface area contributed by atoms with Crippen LogP contribution in [0, 0.1) is 53.5 Å². The molecule has 13 nitrogen and oxygen atoms in total. The van der Waals surface area contributed by atoms with E-state index in [-0.39, 0.29) is 67.1 Å². The van der Waals surface area contributed by atoms with Gasteiger partial charge in [0.25, 0.3) is 11.7 Å². The third-order valence-electron chi connectivity index (χ3n) is 15.6. The molecule has 0 radical (unpaired) electrons. The Bertz CT molecular complexity index is 1880. The van der Waals surface area contributed by atoms with E-state index in [1.54, 1.807) is 27.0 Å². The number of Topliss-reactive ketones (excluding diaryl/α,β-unsaturated/α-hetero) is 3. The zero-order valence-electron chi connectivity index (χ0n) is 43.4. The van der Waals surface area contributed by atoms with E-state index < -0.39 is 77.9 Å². The Labute approximate surface area is 413 Å². The van der Waals surface area contributed by atoms with Gasteiger partial charge in [0.1, 0.15) is 24.4 Å². The molecule has 3 fully saturated rings. The Hall–Kier alpha value is -3.48. The maximum Gasteiger partial charge on any atom is 0.296 e. The number of ether oxygens (including phenoxy) is 4. The fourth-order valence-corrected chi connectivity index (χ4v) is 10.9. The van der Waals surface area contributed by atoms with Crippen LogP contribution in [0.2, 0.25) is 0 Å². The second-order valence-corrected chi connectivity index (χ2v) is 21.2. The highest BCUT2D eigenvalue weighted by molar-refractivity contribution is 6.39. The van der Waals surface area contributed by atoms with E-state index in [9.17, 15) is 39.6 Å². The first-order valence-corrected chi connectivity index (χ1v) is 26.0. The monoisotopic (exact) mass is 966 g/mol. The van der Waals surface area contributed by atoms with Gasteiger partial charge in [-0.05, 0) is 126 Å². The van der Waals surface area contributed by atoms with Crippen LogP contribution in [0.4, 0.5) is 0 Å². The number of carbonyl (C=O) groups excluding carboxylic acids is 4. The van der Waals surface area contributed by atoms with E-state index in [1.807, 2.05) is 65.0 Å². The molecule has 0 aromatic heterocycles. The molecule has 4 N–H and O–H groups in total. The van der Waals surface area contributed by atoms with Crippen molar-refractivity contribution >= 4 is 23.3 Å². The Balaban J connectivity index is 1.73. The number of carbonyl (C=O) groups is 4. The molecule has 1 aliphatic carbocycles. The van der Waals surface area contributed by atoms with Gasteiger partial charge in [-0.15, -0.1) is 0 Å². The number of allylic oxidation sites excluding steroid dienone is 5. The summed E-state index contributed by atoms with van der Waals surface area (Å²) in [6, 6.07) is -0.905. The smallest absolute Gasteiger partial charge is 0.296 e. The Kier molecular flexibility index (Phi) is 23.5. The van der Waals surface area contributed by atoms with Crippen molar-refractivity contribution in [3.8, 4) is 12.0 Å². The minimum atomic E-state index is -2.42. The minimum absolute atomic E-state index is 0.0226. The van der Waals surface area contributed by atoms with Gasteiger partial charge < -0.3 is 44.3 Å². The largest absolute Gasteiger partial charge is 0.439 e. The number of fused-ring (bicyclic) bond motifs is 3. The van der Waals surface area contributed by atoms with E-state index in [0.717, 1.165) is 24.8 Å². The maximum absolute atomic E-state index is 14.7. The lowest BCUT2D eigenvalue weighted by Gasteiger charge is -2.43. The standard InChI is InChI=1S/C56H87NO12/c1-11-12-18-27-68-49-34-44-24-22-41(8)56(65,69-44)54(63)55(64)57-26-17-16-21-45(57)48(60)33-43(37(4)30-42-23-25-46(58)50(31-42)66-9)32-47(59)38(5)29-40(7)52(62)53(67-10)51(61)39(6)28-35(2)19-14-13-15-20-36(49)3/h13-15,19-20,29,35,37-39,41-47,49-50,52-53,58-59,62,65H,11-12,16-17,21-26,28,30-34H2,1-10H3/t35-,37-,38-,39-,41-,42+,43-,44+,45+,46?,47?,49+,50-,52-,53+,56-/m1/s1. The number of aliphatic hydroxyl groups is 4. The minimum Gasteiger partial charge on any atom is -0.439 e. The van der Waals surface area contributed by atoms with Gasteiger partial charge in [-0.3, -0.25) is 19.2 Å². The summed E-state index contributed by atoms with van der Waals surface area (Å²) in [5, 5.41) is 46.1. The number of rotatable bonds is 7. The number of hydrogen-bond acceptors (Lipinski definition) is 12. The molecule has 388 valence electrons. The van der Waals surface area contributed by atoms with Crippen molar-refractivity contribution in [2.75, 3.05) is 20.8 Å². The van der Waals surface area contributed by atoms with Gasteiger partial charge in [-0.1, -0.05) is 83.9 Å². The number of unbranched alkanes of at least 4 members (excludes halogenated alkanes) is 1. The fraction of sp³-hybridized carbons (Fsp3) is 0.750. The first-order valence-electron chi connectivity index (χ1n) is 26.0. The Morgan fingerprint density at radius 2 is 1.61 bits per heavy atom. The molecule has 0 aromatic carbocycles. The van der Waals surface area contributed by atoms with Gasteiger partial charge in [0.15, 0.2) is 11.6 Å². The first kappa shape index (κ1) is 58.1. The van der Waals surface area contributed by atoms with Crippen LogP contribution in [0.5, 0.6) is 0 Å². The Morgan fingerprint density at radius 1 is 0.870 bits per heavy atom. The highest BCUT2D eigenvalue weighted by Gasteiger charge is 2.53. The fourth-order valence-electron chi connectivity index (χ4n) is 10.9. The molecule has 13 heteroatoms. The first-order chi connectivity index (χ1) is 32.7. The van der Waals surface area contributed by atoms with Crippen LogP contribution in [-0.4, -0.2) is 124 Å². The van der Waals surface area contributed by atoms with Gasteiger partial charge in [0, 0.05) is 57.8 Å². The number of ketones is 3. The van der Waals surface area contributed by atoms with Crippen molar-refractivity contribution in [3.63, 3.8) is 0 Å². The third-order valence-corrected chi connectivity index (χ3v) is 15.6. The highest BCUT2D eigenvalue weighted by Crippen LogP contribution is 2.39. The van der Waals surface area contributed by atoms with E-state index >= 15 is 0 Å². The van der Waals surface area contributed by atoms with Crippen molar-refractivity contribution in [2.45, 2.75) is 206 Å². The average Bonchev–Trinajstić information content (AvgIpc) is 3.32. The summed E-state index contributed by atoms with van der Waals surface area (Å²) < 4.78 is 23.6. The molecule has 2 saturated heterocycles. The molecule has 1 saturated carbocycles. The lowest BCUT2D eigenvalue weighted by Crippen LogP contribution is -2.60. The number of piperidine rings is 1. The van der Waals surface area contributed by atoms with Crippen LogP contribution in [0.1, 0.15) is 152 Å². The van der Waals surface area contributed by atoms with E-state index in [2.05, 4.69) is 19.0 Å². The van der Waals surface area contributed by atoms with Crippen LogP contribution in [0.15, 0.2) is 47.6 Å². The Morgan fingerprint density at radius 3 is 2.30 bits per heavy atom. The SMILES string of the molecule is CCCC#CO[C@H]1C[C@@H]2CC[C@@H](C)[C@@](O)(O2)C(=O)C(=O)N2CCCC[C@H]2C(=O)C[C@H]([C@H](C)C[C@@H]2CCC(O)[C@H](OC)C2)CC(O)[C@H](C)C=C(C)[C@@H](O)[C@@H](OC)C(=O)[C@H](C)C[C@H](C)C=CC=CC=C1C. The summed E-state index contributed by atoms with van der Waals surface area (Å²) in [5.41, 5.74) is 1.32. The van der Waals surface area contributed by atoms with Gasteiger partial charge in [-0.2, -0.15) is 0 Å². The predicted octanol–water partition coefficient (Wildman–Crippen LogP) is 7.77. The van der Waals surface area contributed by atoms with Crippen LogP contribution in [-0.2, 0) is 38.1 Å². The number of methoxy groups -OCH3 is 2. The van der Waals surface area contributed by atoms with Gasteiger partial charge in [0.2, 0.25) is 5.79 Å². The number of hydrogen-bond donors (Lipinski definition) is 4. The van der Waals surface area contributed by atoms with Gasteiger partial charge in [0.05, 0.1) is 30.5 Å². The van der Waals surface area contributed by atoms with Crippen molar-refractivity contribution < 1.29 is 58.6 Å². The molecule has 1 amide bonds. The third kappa shape index (κ3) is 16.3. The quantitative estimate of drug-likeness (QED) is 0.110. The highest BCUT2D eigenvalue weighted by atomic mass is 16.6. The van der Waals surface area contributed by atoms with Crippen LogP contribution >= 0.6 is 0 Å². The zero-order chi connectivity index (χ0) is 51.0. The summed E-state index contributed by atoms with van der Waals surface area (Å²) in [5.74, 6) is -3.61. The van der Waals surface area contributed by atoms with Crippen molar-refractivity contribution in [1.29, 1.82) is 0 Å². The van der Waals surface area contributed by atoms with Crippen molar-refractivity contribution in [2.24, 2.45) is 41.4 Å². The van der Waals surface area contributed by atoms with Crippen LogP contribution in [0.25, 0.3) is 0 Å². The number of nitrogens with zero attached hydrogens (tertiary/aromatic N) is 1. The van der Waals surface area contributed by atoms with E-state index in [4.69, 9.17) is 18.9 Å². The van der Waals surface area contributed by atoms with Crippen LogP contribution < -0.4 is 0 Å². The lowest BCUT2D eigenvalue weighted by molar-refractivity contribution is -0.265. The molecule has 16 atom stereocenters. The summed E-state index contributed by atoms with van der Waals surface area (Å²) in [6.07, 6.45) is 16.8. The average molecular weight is 966 g/mol. The molecule has 3 aliphatic heterocycles. The second-order valence-electron chi connectivity index (χ2n) is 21.2. The molecular weight excluding hydrogens is 879 g/mol. The van der Waals surface area contributed by atoms with E-state index in [0.29, 0.717) is 63.4 Å². The van der Waals surface area contributed by atoms with Gasteiger partial charge >= 0.3 is 0 Å². The van der Waals surface area contributed by atoms with E-state index in [1.165, 1.54) is 12.0 Å². The summed E-state index contributed by atoms with van der Waals surface area (Å²) >= 11 is 0. The van der Waals surface area contributed by atoms with Crippen LogP contribution in [0.3, 0.4) is 0 Å². The zero-order valence-corrected chi connectivity index (χ0v) is 43.4. The van der Waals surface area contributed by atoms with Gasteiger partial charge in [-0.25, -0.2) is 0 Å². The molecule has 4 aliphatic rings. The molecule has 0 aromatic rings. The molecule has 69 heavy (non-hydrogen) atoms. The lowest BCUT2D eigenvalue weighted by atomic mass is 9.73. The van der Waals surface area contributed by atoms with Crippen molar-refractivity contribution in [1.82, 2.24) is 4.90 Å². The number of amides is 1. The molecular formula is C56H87NO12. The topological polar surface area (TPSA) is 189 Å². The summed E-state index contributed by atoms with van der Waals surface area (Å²) in [6.45, 7) is 15.3. The van der Waals surface area contributed by atoms with Crippen molar-refractivity contribution in [3.05, 3.63) is 47.6 Å². The molecule has 4 rings (SSSR count). The molecule has 2 unspecified atom stereocenters. The molecule has 2 bridgehead atoms. The summed E-state index contributed by atoms with van der Waals surface area (Å²) in [7, 11) is 3.01. The summed E-state index contributed by atoms with van der Waals surface area (Å²) in [4.78, 5) is 58.6. The predicted molar refractivity (Wildman–Crippen MR) is 266 cm³/mol. The maximum atomic E-state index is 14.7. The normalized spacial score (nSPS) is 37.2. The second kappa shape index (κ2) is 27.9.